The Morgan fingerprint density at radius 3 is 2.08 bits per heavy atom. The number of nitriles is 2. The fourth-order valence-corrected chi connectivity index (χ4v) is 7.58. The molecule has 0 N–H and O–H groups in total. The van der Waals surface area contributed by atoms with E-state index in [1.165, 1.54) is 0 Å². The van der Waals surface area contributed by atoms with Crippen LogP contribution in [0.3, 0.4) is 0 Å². The number of imidazole rings is 1. The third-order valence-electron chi connectivity index (χ3n) is 10.4. The summed E-state index contributed by atoms with van der Waals surface area (Å²) in [6.07, 6.45) is 5.21. The van der Waals surface area contributed by atoms with Gasteiger partial charge in [-0.2, -0.15) is 28.7 Å². The fraction of sp³-hybridized carbons (Fsp3) is 0.0741. The van der Waals surface area contributed by atoms with Crippen molar-refractivity contribution in [1.29, 1.82) is 10.5 Å². The number of fused-ring (bicyclic) bond motifs is 4. The molecule has 7 nitrogen and oxygen atoms in total. The standard InChI is InChI=1S/C54H36N6O.Pt/c1-54(2,3)40-26-27-57-52(30-40)60-48-21-5-4-18-46(48)47-25-24-43(32-51(47)60)61-42-17-10-16-41(31-42)58-35-59(50-23-7-6-22-49(50)58)53-44(38-14-8-12-36(28-38)33-55)19-11-20-45(53)39-15-9-13-37(29-39)34-56;/h4-30H,1-3H3;/q-2;/i8D,9D,12D,13D,14D,15D,28D,29D;. The molecule has 0 atom stereocenters. The van der Waals surface area contributed by atoms with Crippen molar-refractivity contribution in [2.24, 2.45) is 0 Å². The Bertz CT molecular complexity index is 3800. The van der Waals surface area contributed by atoms with Crippen LogP contribution in [0.1, 0.15) is 48.4 Å². The molecule has 0 spiro atoms. The van der Waals surface area contributed by atoms with E-state index in [-0.39, 0.29) is 54.4 Å². The van der Waals surface area contributed by atoms with Crippen molar-refractivity contribution < 1.29 is 41.3 Å². The molecule has 3 aromatic heterocycles. The van der Waals surface area contributed by atoms with E-state index < -0.39 is 59.5 Å². The van der Waals surface area contributed by atoms with Gasteiger partial charge in [0.15, 0.2) is 0 Å². The van der Waals surface area contributed by atoms with Crippen LogP contribution in [0, 0.1) is 41.1 Å². The van der Waals surface area contributed by atoms with Gasteiger partial charge in [-0.15, -0.1) is 29.7 Å². The quantitative estimate of drug-likeness (QED) is 0.118. The second kappa shape index (κ2) is 16.1. The molecule has 0 aliphatic heterocycles. The number of ether oxygens (including phenoxy) is 1. The number of aromatic nitrogens is 4. The molecule has 10 rings (SSSR count). The number of benzene rings is 7. The summed E-state index contributed by atoms with van der Waals surface area (Å²) in [6, 6.07) is 39.6. The molecule has 0 unspecified atom stereocenters. The predicted molar refractivity (Wildman–Crippen MR) is 239 cm³/mol. The number of rotatable bonds is 7. The molecule has 8 heteroatoms. The summed E-state index contributed by atoms with van der Waals surface area (Å²) in [7, 11) is 0. The third-order valence-corrected chi connectivity index (χ3v) is 10.4. The topological polar surface area (TPSA) is 83.4 Å². The minimum atomic E-state index is -0.581. The number of hydrogen-bond donors (Lipinski definition) is 0. The summed E-state index contributed by atoms with van der Waals surface area (Å²) in [4.78, 5) is 4.79. The molecule has 0 saturated heterocycles. The van der Waals surface area contributed by atoms with Crippen LogP contribution in [-0.4, -0.2) is 14.1 Å². The first-order valence-corrected chi connectivity index (χ1v) is 19.4. The molecule has 300 valence electrons. The normalized spacial score (nSPS) is 13.1. The Labute approximate surface area is 385 Å². The van der Waals surface area contributed by atoms with Gasteiger partial charge in [-0.25, -0.2) is 4.98 Å². The Morgan fingerprint density at radius 1 is 0.710 bits per heavy atom. The second-order valence-electron chi connectivity index (χ2n) is 15.3. The number of nitrogens with zero attached hydrogens (tertiary/aromatic N) is 6. The number of para-hydroxylation sites is 4. The van der Waals surface area contributed by atoms with Gasteiger partial charge in [-0.05, 0) is 86.7 Å². The van der Waals surface area contributed by atoms with Gasteiger partial charge in [0.2, 0.25) is 0 Å². The van der Waals surface area contributed by atoms with Gasteiger partial charge in [0.05, 0.1) is 51.0 Å². The van der Waals surface area contributed by atoms with Crippen LogP contribution in [0.2, 0.25) is 0 Å². The van der Waals surface area contributed by atoms with Crippen LogP contribution in [0.4, 0.5) is 0 Å². The van der Waals surface area contributed by atoms with Gasteiger partial charge in [-0.3, -0.25) is 4.57 Å². The molecule has 0 aliphatic carbocycles. The molecule has 0 aliphatic rings. The van der Waals surface area contributed by atoms with Crippen molar-refractivity contribution in [3.05, 3.63) is 199 Å². The molecule has 0 radical (unpaired) electrons. The van der Waals surface area contributed by atoms with E-state index in [1.807, 2.05) is 60.8 Å². The predicted octanol–water partition coefficient (Wildman–Crippen LogP) is 12.0. The van der Waals surface area contributed by atoms with E-state index in [0.29, 0.717) is 28.2 Å². The molecular formula is C54H36N6OPt-2. The van der Waals surface area contributed by atoms with Crippen LogP contribution < -0.4 is 9.30 Å². The maximum absolute atomic E-state index is 10.1. The minimum Gasteiger partial charge on any atom is -0.510 e. The van der Waals surface area contributed by atoms with Crippen LogP contribution in [0.15, 0.2) is 164 Å². The van der Waals surface area contributed by atoms with Gasteiger partial charge in [0, 0.05) is 44.3 Å². The molecule has 10 aromatic rings. The van der Waals surface area contributed by atoms with Gasteiger partial charge < -0.3 is 13.9 Å². The van der Waals surface area contributed by atoms with Gasteiger partial charge in [0.1, 0.15) is 5.82 Å². The summed E-state index contributed by atoms with van der Waals surface area (Å²) < 4.78 is 82.3. The smallest absolute Gasteiger partial charge is 0.268 e. The first-order valence-electron chi connectivity index (χ1n) is 23.4. The summed E-state index contributed by atoms with van der Waals surface area (Å²) >= 11 is 0. The van der Waals surface area contributed by atoms with Crippen LogP contribution in [-0.2, 0) is 26.5 Å². The largest absolute Gasteiger partial charge is 0.510 e. The van der Waals surface area contributed by atoms with E-state index in [9.17, 15) is 10.5 Å². The van der Waals surface area contributed by atoms with Crippen LogP contribution >= 0.6 is 0 Å². The van der Waals surface area contributed by atoms with E-state index >= 15 is 0 Å². The monoisotopic (exact) mass is 987 g/mol. The van der Waals surface area contributed by atoms with Crippen molar-refractivity contribution in [3.8, 4) is 63.1 Å². The number of pyridine rings is 1. The molecule has 7 aromatic carbocycles. The summed E-state index contributed by atoms with van der Waals surface area (Å²) in [5.74, 6) is 1.51. The Hall–Kier alpha value is -7.57. The molecule has 62 heavy (non-hydrogen) atoms. The maximum Gasteiger partial charge on any atom is 0.268 e. The Morgan fingerprint density at radius 2 is 1.37 bits per heavy atom. The molecule has 3 heterocycles. The summed E-state index contributed by atoms with van der Waals surface area (Å²) in [6.45, 7) is 6.49. The van der Waals surface area contributed by atoms with Gasteiger partial charge in [-0.1, -0.05) is 111 Å². The minimum absolute atomic E-state index is 0. The molecule has 0 saturated carbocycles. The van der Waals surface area contributed by atoms with E-state index in [0.717, 1.165) is 33.2 Å². The van der Waals surface area contributed by atoms with Crippen molar-refractivity contribution >= 4 is 32.8 Å². The van der Waals surface area contributed by atoms with Crippen LogP contribution in [0.25, 0.3) is 72.3 Å². The van der Waals surface area contributed by atoms with E-state index in [2.05, 4.69) is 62.0 Å². The van der Waals surface area contributed by atoms with Crippen molar-refractivity contribution in [1.82, 2.24) is 14.1 Å². The maximum atomic E-state index is 10.1. The SMILES string of the molecule is [2H]c1c([2H])c(C#N)c([2H])c(-c2cccc(-c3c([2H])c([2H])c([2H])c(C#N)c3[2H])c2-[n+]2[c-]n(-c3[c-]c(Oc4[c-]c5c(cc4)c4ccccc4n5-c4cc(C(C)(C)C)ccn4)ccc3)c3ccccc32)c1[2H].[Pt]. The fourth-order valence-electron chi connectivity index (χ4n) is 7.58. The Balaban J connectivity index is 0.00000608. The average molecular weight is 988 g/mol. The molecule has 0 amide bonds. The van der Waals surface area contributed by atoms with Gasteiger partial charge in [0.25, 0.3) is 6.33 Å². The van der Waals surface area contributed by atoms with E-state index in [4.69, 9.17) is 20.7 Å². The van der Waals surface area contributed by atoms with E-state index in [1.54, 1.807) is 57.7 Å². The number of hydrogen-bond acceptors (Lipinski definition) is 4. The van der Waals surface area contributed by atoms with Crippen LogP contribution in [0.5, 0.6) is 11.5 Å². The molecular weight excluding hydrogens is 944 g/mol. The first kappa shape index (κ1) is 31.3. The third kappa shape index (κ3) is 7.13. The zero-order valence-electron chi connectivity index (χ0n) is 41.4. The average Bonchev–Trinajstić information content (AvgIpc) is 3.89. The summed E-state index contributed by atoms with van der Waals surface area (Å²) in [5.41, 5.74) is 3.50. The molecule has 0 fully saturated rings. The second-order valence-corrected chi connectivity index (χ2v) is 15.3. The van der Waals surface area contributed by atoms with Crippen molar-refractivity contribution in [3.63, 3.8) is 0 Å². The van der Waals surface area contributed by atoms with Crippen molar-refractivity contribution in [2.75, 3.05) is 0 Å². The van der Waals surface area contributed by atoms with Crippen molar-refractivity contribution in [2.45, 2.75) is 26.2 Å². The zero-order chi connectivity index (χ0) is 48.6. The first-order chi connectivity index (χ1) is 33.1. The van der Waals surface area contributed by atoms with Gasteiger partial charge >= 0.3 is 0 Å². The zero-order valence-corrected chi connectivity index (χ0v) is 35.6. The summed E-state index contributed by atoms with van der Waals surface area (Å²) in [5, 5.41) is 22.1. The molecule has 0 bridgehead atoms. The Kier molecular flexibility index (Phi) is 8.15.